The zero-order chi connectivity index (χ0) is 23.4. The Morgan fingerprint density at radius 1 is 1.09 bits per heavy atom. The van der Waals surface area contributed by atoms with Crippen LogP contribution in [0.4, 0.5) is 4.79 Å². The summed E-state index contributed by atoms with van der Waals surface area (Å²) >= 11 is 0. The molecule has 8 nitrogen and oxygen atoms in total. The molecule has 1 amide bonds. The molecule has 9 heteroatoms. The van der Waals surface area contributed by atoms with E-state index in [0.717, 1.165) is 11.1 Å². The Morgan fingerprint density at radius 2 is 1.69 bits per heavy atom. The van der Waals surface area contributed by atoms with Crippen LogP contribution in [-0.2, 0) is 14.8 Å². The maximum Gasteiger partial charge on any atom is 0.410 e. The van der Waals surface area contributed by atoms with E-state index in [2.05, 4.69) is 14.9 Å². The first-order valence-electron chi connectivity index (χ1n) is 10.6. The summed E-state index contributed by atoms with van der Waals surface area (Å²) in [5, 5.41) is 4.33. The quantitative estimate of drug-likeness (QED) is 0.544. The predicted molar refractivity (Wildman–Crippen MR) is 123 cm³/mol. The molecule has 172 valence electrons. The monoisotopic (exact) mass is 458 g/mol. The van der Waals surface area contributed by atoms with E-state index >= 15 is 0 Å². The molecule has 32 heavy (non-hydrogen) atoms. The zero-order valence-corrected chi connectivity index (χ0v) is 19.7. The van der Waals surface area contributed by atoms with Crippen molar-refractivity contribution in [2.45, 2.75) is 51.0 Å². The topological polar surface area (TPSA) is 101 Å². The molecule has 1 saturated heterocycles. The number of hydrogen-bond donors (Lipinski definition) is 1. The van der Waals surface area contributed by atoms with Crippen molar-refractivity contribution in [1.82, 2.24) is 14.7 Å². The molecule has 1 aromatic heterocycles. The third-order valence-electron chi connectivity index (χ3n) is 5.13. The van der Waals surface area contributed by atoms with Crippen molar-refractivity contribution in [2.24, 2.45) is 11.0 Å². The Bertz CT molecular complexity index is 1050. The van der Waals surface area contributed by atoms with E-state index in [-0.39, 0.29) is 16.9 Å². The summed E-state index contributed by atoms with van der Waals surface area (Å²) < 4.78 is 30.9. The molecule has 0 aliphatic carbocycles. The van der Waals surface area contributed by atoms with Gasteiger partial charge < -0.3 is 9.64 Å². The van der Waals surface area contributed by atoms with Crippen molar-refractivity contribution in [3.8, 4) is 0 Å². The van der Waals surface area contributed by atoms with Gasteiger partial charge in [0.15, 0.2) is 0 Å². The highest BCUT2D eigenvalue weighted by Crippen LogP contribution is 2.24. The number of amides is 1. The summed E-state index contributed by atoms with van der Waals surface area (Å²) in [6.07, 6.45) is 4.25. The van der Waals surface area contributed by atoms with Gasteiger partial charge in [0.05, 0.1) is 10.6 Å². The number of ether oxygens (including phenoxy) is 1. The number of hydrazone groups is 1. The molecule has 0 bridgehead atoms. The highest BCUT2D eigenvalue weighted by molar-refractivity contribution is 7.89. The number of carbonyl (C=O) groups excluding carboxylic acids is 1. The van der Waals surface area contributed by atoms with Crippen LogP contribution in [0.15, 0.2) is 58.8 Å². The van der Waals surface area contributed by atoms with Crippen molar-refractivity contribution in [3.05, 3.63) is 59.9 Å². The molecule has 1 fully saturated rings. The smallest absolute Gasteiger partial charge is 0.410 e. The number of hydrogen-bond acceptors (Lipinski definition) is 6. The second kappa shape index (κ2) is 9.68. The van der Waals surface area contributed by atoms with Gasteiger partial charge >= 0.3 is 6.09 Å². The Kier molecular flexibility index (Phi) is 7.18. The summed E-state index contributed by atoms with van der Waals surface area (Å²) in [7, 11) is -3.80. The van der Waals surface area contributed by atoms with E-state index in [0.29, 0.717) is 31.6 Å². The lowest BCUT2D eigenvalue weighted by molar-refractivity contribution is 0.0202. The molecule has 2 heterocycles. The SMILES string of the molecule is Cc1ccc(S(=O)(=O)NN=C(c2ccncc2)C2CCN(C(=O)OC(C)(C)C)CC2)cc1. The Hall–Kier alpha value is -2.94. The Balaban J connectivity index is 1.78. The maximum absolute atomic E-state index is 12.7. The summed E-state index contributed by atoms with van der Waals surface area (Å²) in [5.74, 6) is -0.0168. The van der Waals surface area contributed by atoms with E-state index in [9.17, 15) is 13.2 Å². The number of piperidine rings is 1. The fraction of sp³-hybridized carbons (Fsp3) is 0.435. The largest absolute Gasteiger partial charge is 0.444 e. The van der Waals surface area contributed by atoms with Gasteiger partial charge in [0.1, 0.15) is 5.60 Å². The number of pyridine rings is 1. The maximum atomic E-state index is 12.7. The minimum absolute atomic E-state index is 0.0168. The fourth-order valence-corrected chi connectivity index (χ4v) is 4.27. The number of nitrogens with one attached hydrogen (secondary N) is 1. The van der Waals surface area contributed by atoms with Crippen LogP contribution in [0.2, 0.25) is 0 Å². The molecule has 0 spiro atoms. The second-order valence-electron chi connectivity index (χ2n) is 8.88. The van der Waals surface area contributed by atoms with E-state index in [1.165, 1.54) is 0 Å². The molecule has 1 aliphatic rings. The third-order valence-corrected chi connectivity index (χ3v) is 6.35. The van der Waals surface area contributed by atoms with Crippen LogP contribution in [-0.4, -0.2) is 48.8 Å². The standard InChI is InChI=1S/C23H30N4O4S/c1-17-5-7-20(8-6-17)32(29,30)26-25-21(18-9-13-24-14-10-18)19-11-15-27(16-12-19)22(28)31-23(2,3)4/h5-10,13-14,19,26H,11-12,15-16H2,1-4H3. The van der Waals surface area contributed by atoms with Crippen LogP contribution < -0.4 is 4.83 Å². The molecule has 3 rings (SSSR count). The average Bonchev–Trinajstić information content (AvgIpc) is 2.74. The first-order chi connectivity index (χ1) is 15.0. The van der Waals surface area contributed by atoms with Crippen molar-refractivity contribution >= 4 is 21.8 Å². The van der Waals surface area contributed by atoms with Gasteiger partial charge in [-0.1, -0.05) is 17.7 Å². The van der Waals surface area contributed by atoms with Gasteiger partial charge in [0, 0.05) is 37.0 Å². The highest BCUT2D eigenvalue weighted by Gasteiger charge is 2.30. The normalized spacial score (nSPS) is 16.0. The summed E-state index contributed by atoms with van der Waals surface area (Å²) in [4.78, 5) is 20.6. The molecule has 1 aromatic carbocycles. The van der Waals surface area contributed by atoms with E-state index in [4.69, 9.17) is 4.74 Å². The van der Waals surface area contributed by atoms with Crippen molar-refractivity contribution in [3.63, 3.8) is 0 Å². The third kappa shape index (κ3) is 6.29. The van der Waals surface area contributed by atoms with Crippen LogP contribution in [0, 0.1) is 12.8 Å². The molecular formula is C23H30N4O4S. The van der Waals surface area contributed by atoms with E-state index < -0.39 is 15.6 Å². The minimum Gasteiger partial charge on any atom is -0.444 e. The number of aromatic nitrogens is 1. The van der Waals surface area contributed by atoms with Crippen LogP contribution in [0.5, 0.6) is 0 Å². The van der Waals surface area contributed by atoms with E-state index in [1.54, 1.807) is 53.7 Å². The van der Waals surface area contributed by atoms with Crippen molar-refractivity contribution in [1.29, 1.82) is 0 Å². The number of carbonyl (C=O) groups is 1. The zero-order valence-electron chi connectivity index (χ0n) is 18.9. The van der Waals surface area contributed by atoms with Gasteiger partial charge in [0.25, 0.3) is 10.0 Å². The van der Waals surface area contributed by atoms with Gasteiger partial charge in [-0.3, -0.25) is 4.98 Å². The molecule has 1 N–H and O–H groups in total. The average molecular weight is 459 g/mol. The van der Waals surface area contributed by atoms with Gasteiger partial charge in [-0.25, -0.2) is 4.79 Å². The van der Waals surface area contributed by atoms with Crippen LogP contribution in [0.25, 0.3) is 0 Å². The predicted octanol–water partition coefficient (Wildman–Crippen LogP) is 3.72. The molecule has 1 aliphatic heterocycles. The van der Waals surface area contributed by atoms with Gasteiger partial charge in [-0.05, 0) is 64.8 Å². The molecule has 0 radical (unpaired) electrons. The van der Waals surface area contributed by atoms with Gasteiger partial charge in [-0.15, -0.1) is 0 Å². The lowest BCUT2D eigenvalue weighted by atomic mass is 9.88. The highest BCUT2D eigenvalue weighted by atomic mass is 32.2. The molecule has 0 saturated carbocycles. The van der Waals surface area contributed by atoms with Gasteiger partial charge in [-0.2, -0.15) is 18.4 Å². The Morgan fingerprint density at radius 3 is 2.25 bits per heavy atom. The Labute approximate surface area is 189 Å². The van der Waals surface area contributed by atoms with Crippen molar-refractivity contribution < 1.29 is 17.9 Å². The minimum atomic E-state index is -3.80. The van der Waals surface area contributed by atoms with E-state index in [1.807, 2.05) is 27.7 Å². The van der Waals surface area contributed by atoms with Crippen LogP contribution in [0.1, 0.15) is 44.7 Å². The fourth-order valence-electron chi connectivity index (χ4n) is 3.46. The van der Waals surface area contributed by atoms with Crippen molar-refractivity contribution in [2.75, 3.05) is 13.1 Å². The summed E-state index contributed by atoms with van der Waals surface area (Å²) in [5.41, 5.74) is 1.85. The summed E-state index contributed by atoms with van der Waals surface area (Å²) in [6.45, 7) is 8.43. The second-order valence-corrected chi connectivity index (χ2v) is 10.5. The number of nitrogens with zero attached hydrogens (tertiary/aromatic N) is 3. The number of benzene rings is 1. The number of sulfonamides is 1. The summed E-state index contributed by atoms with van der Waals surface area (Å²) in [6, 6.07) is 10.2. The number of likely N-dealkylation sites (tertiary alicyclic amines) is 1. The lowest BCUT2D eigenvalue weighted by Gasteiger charge is -2.33. The lowest BCUT2D eigenvalue weighted by Crippen LogP contribution is -2.43. The number of rotatable bonds is 5. The molecule has 0 unspecified atom stereocenters. The van der Waals surface area contributed by atoms with Gasteiger partial charge in [0.2, 0.25) is 0 Å². The molecule has 2 aromatic rings. The van der Waals surface area contributed by atoms with Crippen LogP contribution in [0.3, 0.4) is 0 Å². The molecular weight excluding hydrogens is 428 g/mol. The van der Waals surface area contributed by atoms with Crippen LogP contribution >= 0.6 is 0 Å². The first-order valence-corrected chi connectivity index (χ1v) is 12.1. The number of aryl methyl sites for hydroxylation is 1. The first kappa shape index (κ1) is 23.7. The molecule has 0 atom stereocenters.